The number of amides is 1. The monoisotopic (exact) mass is 357 g/mol. The number of hydrogen-bond acceptors (Lipinski definition) is 7. The molecule has 2 aliphatic heterocycles. The van der Waals surface area contributed by atoms with Crippen molar-refractivity contribution in [2.75, 3.05) is 40.8 Å². The summed E-state index contributed by atoms with van der Waals surface area (Å²) in [5, 5.41) is 6.57. The minimum atomic E-state index is -0.0805. The summed E-state index contributed by atoms with van der Waals surface area (Å²) < 4.78 is 5.05. The number of carbonyl (C=O) groups excluding carboxylic acids is 2. The van der Waals surface area contributed by atoms with Crippen molar-refractivity contribution in [3.63, 3.8) is 0 Å². The van der Waals surface area contributed by atoms with E-state index >= 15 is 0 Å². The van der Waals surface area contributed by atoms with Crippen molar-refractivity contribution in [3.05, 3.63) is 0 Å². The summed E-state index contributed by atoms with van der Waals surface area (Å²) >= 11 is 0. The van der Waals surface area contributed by atoms with Gasteiger partial charge in [-0.05, 0) is 19.8 Å². The van der Waals surface area contributed by atoms with Crippen molar-refractivity contribution in [3.8, 4) is 0 Å². The Bertz CT molecular complexity index is 446. The predicted molar refractivity (Wildman–Crippen MR) is 97.3 cm³/mol. The summed E-state index contributed by atoms with van der Waals surface area (Å²) in [6.45, 7) is 10.1. The summed E-state index contributed by atoms with van der Waals surface area (Å²) in [7, 11) is 5.57. The molecule has 2 heterocycles. The highest BCUT2D eigenvalue weighted by molar-refractivity contribution is 5.79. The van der Waals surface area contributed by atoms with Crippen LogP contribution in [0.25, 0.3) is 0 Å². The Hall–Kier alpha value is -1.22. The first kappa shape index (κ1) is 21.8. The van der Waals surface area contributed by atoms with E-state index in [4.69, 9.17) is 4.74 Å². The lowest BCUT2D eigenvalue weighted by molar-refractivity contribution is -0.148. The summed E-state index contributed by atoms with van der Waals surface area (Å²) in [4.78, 5) is 22.8. The third-order valence-corrected chi connectivity index (χ3v) is 4.66. The molecule has 0 spiro atoms. The topological polar surface area (TPSA) is 85.9 Å². The summed E-state index contributed by atoms with van der Waals surface area (Å²) in [6, 6.07) is 0.457. The number of esters is 1. The van der Waals surface area contributed by atoms with Crippen molar-refractivity contribution >= 4 is 11.9 Å². The van der Waals surface area contributed by atoms with E-state index < -0.39 is 0 Å². The Labute approximate surface area is 151 Å². The fourth-order valence-electron chi connectivity index (χ4n) is 3.33. The molecule has 8 heteroatoms. The summed E-state index contributed by atoms with van der Waals surface area (Å²) in [5.74, 6) is 0.539. The van der Waals surface area contributed by atoms with E-state index in [9.17, 15) is 9.59 Å². The number of nitrogens with one attached hydrogen (secondary N) is 3. The van der Waals surface area contributed by atoms with E-state index in [1.807, 2.05) is 38.0 Å². The van der Waals surface area contributed by atoms with Crippen molar-refractivity contribution in [2.45, 2.75) is 39.8 Å². The molecule has 1 amide bonds. The van der Waals surface area contributed by atoms with Crippen molar-refractivity contribution in [2.24, 2.45) is 17.8 Å². The van der Waals surface area contributed by atoms with Crippen LogP contribution in [-0.2, 0) is 14.3 Å². The quantitative estimate of drug-likeness (QED) is 0.602. The molecule has 4 atom stereocenters. The van der Waals surface area contributed by atoms with Gasteiger partial charge in [0, 0.05) is 46.3 Å². The van der Waals surface area contributed by atoms with Crippen LogP contribution in [0, 0.1) is 17.8 Å². The highest BCUT2D eigenvalue weighted by Crippen LogP contribution is 2.21. The van der Waals surface area contributed by atoms with Crippen LogP contribution < -0.4 is 16.2 Å². The lowest BCUT2D eigenvalue weighted by Gasteiger charge is -2.20. The maximum atomic E-state index is 11.6. The normalized spacial score (nSPS) is 30.1. The molecule has 0 aromatic heterocycles. The molecule has 0 aromatic carbocycles. The average Bonchev–Trinajstić information content (AvgIpc) is 3.10. The smallest absolute Gasteiger partial charge is 0.311 e. The minimum absolute atomic E-state index is 0.0278. The molecule has 25 heavy (non-hydrogen) atoms. The number of carbonyl (C=O) groups is 2. The SMILES string of the molecule is CCOC(=O)C1CN(C)NC1C(C)C.CNC(=O)C1CN(C)NC1C. The molecule has 3 N–H and O–H groups in total. The van der Waals surface area contributed by atoms with Gasteiger partial charge in [-0.3, -0.25) is 20.4 Å². The van der Waals surface area contributed by atoms with Crippen LogP contribution in [0.15, 0.2) is 0 Å². The first-order valence-electron chi connectivity index (χ1n) is 9.04. The fourth-order valence-corrected chi connectivity index (χ4v) is 3.33. The molecular formula is C17H35N5O3. The molecule has 2 saturated heterocycles. The van der Waals surface area contributed by atoms with Crippen LogP contribution in [0.2, 0.25) is 0 Å². The summed E-state index contributed by atoms with van der Waals surface area (Å²) in [5.41, 5.74) is 6.43. The van der Waals surface area contributed by atoms with Crippen LogP contribution in [-0.4, -0.2) is 74.8 Å². The van der Waals surface area contributed by atoms with Crippen LogP contribution in [0.1, 0.15) is 27.7 Å². The average molecular weight is 357 g/mol. The predicted octanol–water partition coefficient (Wildman–Crippen LogP) is -0.173. The van der Waals surface area contributed by atoms with Gasteiger partial charge in [0.1, 0.15) is 0 Å². The van der Waals surface area contributed by atoms with Gasteiger partial charge in [-0.2, -0.15) is 0 Å². The minimum Gasteiger partial charge on any atom is -0.466 e. The molecule has 146 valence electrons. The molecule has 2 fully saturated rings. The Kier molecular flexibility index (Phi) is 8.78. The Balaban J connectivity index is 0.000000257. The van der Waals surface area contributed by atoms with E-state index in [-0.39, 0.29) is 35.8 Å². The Morgan fingerprint density at radius 2 is 1.72 bits per heavy atom. The number of nitrogens with zero attached hydrogens (tertiary/aromatic N) is 2. The second kappa shape index (κ2) is 10.1. The second-order valence-corrected chi connectivity index (χ2v) is 7.16. The van der Waals surface area contributed by atoms with Gasteiger partial charge in [0.05, 0.1) is 18.4 Å². The second-order valence-electron chi connectivity index (χ2n) is 7.16. The Morgan fingerprint density at radius 1 is 1.16 bits per heavy atom. The molecule has 0 aromatic rings. The van der Waals surface area contributed by atoms with Gasteiger partial charge < -0.3 is 10.1 Å². The zero-order chi connectivity index (χ0) is 19.1. The standard InChI is InChI=1S/C10H20N2O2.C7H15N3O/c1-5-14-10(13)8-6-12(4)11-9(8)7(2)3;1-5-6(7(11)8-2)4-10(3)9-5/h7-9,11H,5-6H2,1-4H3;5-6,9H,4H2,1-3H3,(H,8,11). The van der Waals surface area contributed by atoms with E-state index in [2.05, 4.69) is 30.0 Å². The first-order chi connectivity index (χ1) is 11.7. The third kappa shape index (κ3) is 6.22. The molecule has 8 nitrogen and oxygen atoms in total. The van der Waals surface area contributed by atoms with Gasteiger partial charge >= 0.3 is 5.97 Å². The maximum Gasteiger partial charge on any atom is 0.311 e. The van der Waals surface area contributed by atoms with Crippen molar-refractivity contribution in [1.82, 2.24) is 26.2 Å². The van der Waals surface area contributed by atoms with Crippen molar-refractivity contribution < 1.29 is 14.3 Å². The molecule has 0 aliphatic carbocycles. The highest BCUT2D eigenvalue weighted by atomic mass is 16.5. The van der Waals surface area contributed by atoms with Gasteiger partial charge in [0.15, 0.2) is 0 Å². The fraction of sp³-hybridized carbons (Fsp3) is 0.882. The van der Waals surface area contributed by atoms with Gasteiger partial charge in [-0.25, -0.2) is 10.0 Å². The van der Waals surface area contributed by atoms with Crippen LogP contribution in [0.5, 0.6) is 0 Å². The third-order valence-electron chi connectivity index (χ3n) is 4.66. The number of ether oxygens (including phenoxy) is 1. The van der Waals surface area contributed by atoms with E-state index in [0.717, 1.165) is 13.1 Å². The molecule has 4 unspecified atom stereocenters. The lowest BCUT2D eigenvalue weighted by Crippen LogP contribution is -2.39. The molecule has 2 rings (SSSR count). The molecule has 0 saturated carbocycles. The van der Waals surface area contributed by atoms with Gasteiger partial charge in [-0.1, -0.05) is 13.8 Å². The van der Waals surface area contributed by atoms with Gasteiger partial charge in [-0.15, -0.1) is 0 Å². The number of rotatable bonds is 4. The van der Waals surface area contributed by atoms with Gasteiger partial charge in [0.25, 0.3) is 0 Å². The lowest BCUT2D eigenvalue weighted by atomic mass is 9.92. The molecule has 2 aliphatic rings. The van der Waals surface area contributed by atoms with Gasteiger partial charge in [0.2, 0.25) is 5.91 Å². The highest BCUT2D eigenvalue weighted by Gasteiger charge is 2.38. The van der Waals surface area contributed by atoms with Crippen LogP contribution in [0.3, 0.4) is 0 Å². The molecular weight excluding hydrogens is 322 g/mol. The molecule has 0 radical (unpaired) electrons. The van der Waals surface area contributed by atoms with Crippen molar-refractivity contribution in [1.29, 1.82) is 0 Å². The number of hydrazine groups is 2. The zero-order valence-electron chi connectivity index (χ0n) is 16.6. The largest absolute Gasteiger partial charge is 0.466 e. The first-order valence-corrected chi connectivity index (χ1v) is 9.04. The number of hydrogen-bond donors (Lipinski definition) is 3. The van der Waals surface area contributed by atoms with Crippen LogP contribution >= 0.6 is 0 Å². The van der Waals surface area contributed by atoms with E-state index in [0.29, 0.717) is 12.5 Å². The van der Waals surface area contributed by atoms with Crippen LogP contribution in [0.4, 0.5) is 0 Å². The molecule has 0 bridgehead atoms. The summed E-state index contributed by atoms with van der Waals surface area (Å²) in [6.07, 6.45) is 0. The zero-order valence-corrected chi connectivity index (χ0v) is 16.6. The van der Waals surface area contributed by atoms with E-state index in [1.54, 1.807) is 7.05 Å². The van der Waals surface area contributed by atoms with E-state index in [1.165, 1.54) is 0 Å². The maximum absolute atomic E-state index is 11.6. The Morgan fingerprint density at radius 3 is 2.16 bits per heavy atom.